The monoisotopic (exact) mass is 413 g/mol. The molecule has 8 heteroatoms. The van der Waals surface area contributed by atoms with Crippen molar-refractivity contribution < 1.29 is 19.0 Å². The molecule has 0 spiro atoms. The summed E-state index contributed by atoms with van der Waals surface area (Å²) < 4.78 is 17.0. The molecule has 0 bridgehead atoms. The van der Waals surface area contributed by atoms with Gasteiger partial charge in [-0.2, -0.15) is 0 Å². The van der Waals surface area contributed by atoms with E-state index in [4.69, 9.17) is 14.2 Å². The molecule has 0 radical (unpaired) electrons. The first-order valence-electron chi connectivity index (χ1n) is 9.79. The average Bonchev–Trinajstić information content (AvgIpc) is 2.73. The molecule has 7 nitrogen and oxygen atoms in total. The third-order valence-corrected chi connectivity index (χ3v) is 5.31. The van der Waals surface area contributed by atoms with Gasteiger partial charge in [0.2, 0.25) is 11.7 Å². The lowest BCUT2D eigenvalue weighted by Crippen LogP contribution is -2.47. The maximum absolute atomic E-state index is 12.3. The van der Waals surface area contributed by atoms with E-state index in [1.165, 1.54) is 0 Å². The van der Waals surface area contributed by atoms with Crippen LogP contribution in [-0.2, 0) is 4.79 Å². The Balaban J connectivity index is 0.00000280. The van der Waals surface area contributed by atoms with E-state index >= 15 is 0 Å². The second-order valence-corrected chi connectivity index (χ2v) is 7.03. The lowest BCUT2D eigenvalue weighted by molar-refractivity contribution is -0.132. The third kappa shape index (κ3) is 5.90. The number of halogens is 1. The zero-order chi connectivity index (χ0) is 19.1. The van der Waals surface area contributed by atoms with Gasteiger partial charge in [-0.25, -0.2) is 0 Å². The van der Waals surface area contributed by atoms with Crippen LogP contribution in [0.3, 0.4) is 0 Å². The molecule has 1 amide bonds. The van der Waals surface area contributed by atoms with E-state index in [0.717, 1.165) is 58.7 Å². The van der Waals surface area contributed by atoms with Gasteiger partial charge in [-0.15, -0.1) is 12.4 Å². The summed E-state index contributed by atoms with van der Waals surface area (Å²) in [5.41, 5.74) is 0. The number of para-hydroxylation sites is 1. The minimum absolute atomic E-state index is 0. The van der Waals surface area contributed by atoms with Gasteiger partial charge in [-0.3, -0.25) is 4.79 Å². The van der Waals surface area contributed by atoms with Gasteiger partial charge in [0.1, 0.15) is 6.10 Å². The number of likely N-dealkylation sites (tertiary alicyclic amines) is 1. The van der Waals surface area contributed by atoms with Gasteiger partial charge < -0.3 is 29.3 Å². The first-order chi connectivity index (χ1) is 13.2. The summed E-state index contributed by atoms with van der Waals surface area (Å²) in [5, 5.41) is 3.28. The Morgan fingerprint density at radius 2 is 1.68 bits per heavy atom. The number of hydrogen-bond donors (Lipinski definition) is 1. The molecule has 1 aromatic rings. The lowest BCUT2D eigenvalue weighted by atomic mass is 10.1. The van der Waals surface area contributed by atoms with Crippen LogP contribution < -0.4 is 19.5 Å². The van der Waals surface area contributed by atoms with E-state index in [9.17, 15) is 4.79 Å². The molecule has 2 heterocycles. The summed E-state index contributed by atoms with van der Waals surface area (Å²) in [6.07, 6.45) is 2.60. The van der Waals surface area contributed by atoms with Crippen LogP contribution in [0.5, 0.6) is 17.2 Å². The summed E-state index contributed by atoms with van der Waals surface area (Å²) in [4.78, 5) is 16.6. The van der Waals surface area contributed by atoms with Gasteiger partial charge >= 0.3 is 0 Å². The van der Waals surface area contributed by atoms with E-state index in [1.807, 2.05) is 23.1 Å². The smallest absolute Gasteiger partial charge is 0.223 e. The minimum atomic E-state index is 0. The Kier molecular flexibility index (Phi) is 9.15. The zero-order valence-corrected chi connectivity index (χ0v) is 17.6. The Hall–Kier alpha value is -1.70. The average molecular weight is 414 g/mol. The molecule has 1 aromatic carbocycles. The van der Waals surface area contributed by atoms with Crippen LogP contribution in [0.15, 0.2) is 18.2 Å². The third-order valence-electron chi connectivity index (χ3n) is 5.31. The fraction of sp³-hybridized carbons (Fsp3) is 0.650. The number of nitrogens with zero attached hydrogens (tertiary/aromatic N) is 2. The highest BCUT2D eigenvalue weighted by molar-refractivity contribution is 5.85. The van der Waals surface area contributed by atoms with Gasteiger partial charge in [0.15, 0.2) is 11.5 Å². The standard InChI is InChI=1S/C20H31N3O4.ClH/c1-25-17-4-3-5-18(26-2)20(17)27-16-6-11-22(12-7-16)13-8-19(24)23-14-9-21-10-15-23;/h3-5,16,21H,6-15H2,1-2H3;1H. The van der Waals surface area contributed by atoms with E-state index in [0.29, 0.717) is 23.7 Å². The molecule has 2 saturated heterocycles. The molecular weight excluding hydrogens is 382 g/mol. The second-order valence-electron chi connectivity index (χ2n) is 7.03. The maximum Gasteiger partial charge on any atom is 0.223 e. The Bertz CT molecular complexity index is 595. The number of benzene rings is 1. The number of methoxy groups -OCH3 is 2. The molecule has 2 fully saturated rings. The highest BCUT2D eigenvalue weighted by Crippen LogP contribution is 2.38. The molecule has 158 valence electrons. The van der Waals surface area contributed by atoms with Crippen LogP contribution in [0.4, 0.5) is 0 Å². The Labute approximate surface area is 173 Å². The fourth-order valence-electron chi connectivity index (χ4n) is 3.68. The number of ether oxygens (including phenoxy) is 3. The first kappa shape index (κ1) is 22.6. The predicted octanol–water partition coefficient (Wildman–Crippen LogP) is 1.79. The zero-order valence-electron chi connectivity index (χ0n) is 16.8. The maximum atomic E-state index is 12.3. The molecule has 2 aliphatic heterocycles. The molecule has 0 unspecified atom stereocenters. The largest absolute Gasteiger partial charge is 0.493 e. The van der Waals surface area contributed by atoms with Crippen molar-refractivity contribution in [1.82, 2.24) is 15.1 Å². The van der Waals surface area contributed by atoms with E-state index in [2.05, 4.69) is 10.2 Å². The molecule has 0 aromatic heterocycles. The van der Waals surface area contributed by atoms with Crippen molar-refractivity contribution >= 4 is 18.3 Å². The summed E-state index contributed by atoms with van der Waals surface area (Å²) in [6, 6.07) is 5.66. The molecule has 28 heavy (non-hydrogen) atoms. The summed E-state index contributed by atoms with van der Waals surface area (Å²) in [7, 11) is 3.28. The van der Waals surface area contributed by atoms with Crippen LogP contribution in [-0.4, -0.2) is 81.8 Å². The topological polar surface area (TPSA) is 63.3 Å². The Morgan fingerprint density at radius 3 is 2.25 bits per heavy atom. The number of piperidine rings is 1. The summed E-state index contributed by atoms with van der Waals surface area (Å²) in [6.45, 7) is 6.17. The fourth-order valence-corrected chi connectivity index (χ4v) is 3.68. The first-order valence-corrected chi connectivity index (χ1v) is 9.79. The number of amides is 1. The lowest BCUT2D eigenvalue weighted by Gasteiger charge is -2.33. The van der Waals surface area contributed by atoms with Crippen LogP contribution >= 0.6 is 12.4 Å². The number of nitrogens with one attached hydrogen (secondary N) is 1. The summed E-state index contributed by atoms with van der Waals surface area (Å²) >= 11 is 0. The molecule has 3 rings (SSSR count). The molecule has 0 atom stereocenters. The number of carbonyl (C=O) groups is 1. The van der Waals surface area contributed by atoms with E-state index < -0.39 is 0 Å². The molecule has 2 aliphatic rings. The van der Waals surface area contributed by atoms with Gasteiger partial charge in [-0.05, 0) is 25.0 Å². The number of piperazine rings is 1. The van der Waals surface area contributed by atoms with Crippen molar-refractivity contribution in [3.63, 3.8) is 0 Å². The highest BCUT2D eigenvalue weighted by Gasteiger charge is 2.24. The second kappa shape index (κ2) is 11.3. The van der Waals surface area contributed by atoms with Crippen molar-refractivity contribution in [3.8, 4) is 17.2 Å². The number of rotatable bonds is 7. The van der Waals surface area contributed by atoms with Crippen LogP contribution in [0.2, 0.25) is 0 Å². The summed E-state index contributed by atoms with van der Waals surface area (Å²) in [5.74, 6) is 2.33. The molecule has 0 saturated carbocycles. The quantitative estimate of drug-likeness (QED) is 0.735. The number of carbonyl (C=O) groups excluding carboxylic acids is 1. The predicted molar refractivity (Wildman–Crippen MR) is 111 cm³/mol. The van der Waals surface area contributed by atoms with Gasteiger partial charge in [-0.1, -0.05) is 6.07 Å². The van der Waals surface area contributed by atoms with Gasteiger partial charge in [0.25, 0.3) is 0 Å². The van der Waals surface area contributed by atoms with E-state index in [1.54, 1.807) is 14.2 Å². The van der Waals surface area contributed by atoms with E-state index in [-0.39, 0.29) is 24.4 Å². The van der Waals surface area contributed by atoms with Crippen molar-refractivity contribution in [3.05, 3.63) is 18.2 Å². The van der Waals surface area contributed by atoms with Crippen LogP contribution in [0.25, 0.3) is 0 Å². The molecular formula is C20H32ClN3O4. The minimum Gasteiger partial charge on any atom is -0.493 e. The highest BCUT2D eigenvalue weighted by atomic mass is 35.5. The van der Waals surface area contributed by atoms with Gasteiger partial charge in [0.05, 0.1) is 14.2 Å². The normalized spacial score (nSPS) is 18.3. The Morgan fingerprint density at radius 1 is 1.07 bits per heavy atom. The van der Waals surface area contributed by atoms with Crippen molar-refractivity contribution in [2.24, 2.45) is 0 Å². The van der Waals surface area contributed by atoms with Crippen molar-refractivity contribution in [2.75, 3.05) is 60.0 Å². The molecule has 0 aliphatic carbocycles. The van der Waals surface area contributed by atoms with Crippen LogP contribution in [0.1, 0.15) is 19.3 Å². The van der Waals surface area contributed by atoms with Crippen LogP contribution in [0, 0.1) is 0 Å². The SMILES string of the molecule is COc1cccc(OC)c1OC1CCN(CCC(=O)N2CCNCC2)CC1.Cl. The van der Waals surface area contributed by atoms with Gasteiger partial charge in [0, 0.05) is 52.2 Å². The molecule has 1 N–H and O–H groups in total. The van der Waals surface area contributed by atoms with Crippen molar-refractivity contribution in [2.45, 2.75) is 25.4 Å². The number of hydrogen-bond acceptors (Lipinski definition) is 6. The van der Waals surface area contributed by atoms with Crippen molar-refractivity contribution in [1.29, 1.82) is 0 Å².